The molecule has 1 amide bonds. The fraction of sp³-hybridized carbons (Fsp3) is 0.875. The van der Waals surface area contributed by atoms with Crippen molar-refractivity contribution in [2.24, 2.45) is 11.7 Å². The van der Waals surface area contributed by atoms with E-state index in [1.807, 2.05) is 13.8 Å². The smallest absolute Gasteiger partial charge is 0.404 e. The number of amides is 1. The van der Waals surface area contributed by atoms with Gasteiger partial charge in [0, 0.05) is 6.54 Å². The topological polar surface area (TPSA) is 95.6 Å². The average molecular weight is 190 g/mol. The van der Waals surface area contributed by atoms with Crippen molar-refractivity contribution in [1.82, 2.24) is 5.32 Å². The molecule has 0 heterocycles. The van der Waals surface area contributed by atoms with Crippen LogP contribution in [0.25, 0.3) is 0 Å². The summed E-state index contributed by atoms with van der Waals surface area (Å²) in [6, 6.07) is -0.470. The summed E-state index contributed by atoms with van der Waals surface area (Å²) in [6.45, 7) is 3.98. The number of carboxylic acid groups (broad SMARTS) is 1. The maximum Gasteiger partial charge on any atom is 0.404 e. The van der Waals surface area contributed by atoms with Gasteiger partial charge in [-0.05, 0) is 12.3 Å². The third-order valence-corrected chi connectivity index (χ3v) is 1.74. The molecule has 2 atom stereocenters. The van der Waals surface area contributed by atoms with Gasteiger partial charge in [0.1, 0.15) is 0 Å². The Bertz CT molecular complexity index is 161. The number of aliphatic hydroxyl groups excluding tert-OH is 1. The van der Waals surface area contributed by atoms with Crippen molar-refractivity contribution in [3.8, 4) is 0 Å². The Morgan fingerprint density at radius 2 is 2.08 bits per heavy atom. The van der Waals surface area contributed by atoms with Crippen LogP contribution in [-0.2, 0) is 0 Å². The molecule has 0 rings (SSSR count). The summed E-state index contributed by atoms with van der Waals surface area (Å²) in [6.07, 6.45) is -1.35. The fourth-order valence-electron chi connectivity index (χ4n) is 1.14. The van der Waals surface area contributed by atoms with Crippen LogP contribution in [0.15, 0.2) is 0 Å². The Hall–Kier alpha value is -0.810. The lowest BCUT2D eigenvalue weighted by molar-refractivity contribution is 0.116. The van der Waals surface area contributed by atoms with Crippen molar-refractivity contribution in [3.05, 3.63) is 0 Å². The standard InChI is InChI=1S/C8H18N2O3/c1-5(2)3-6(7(11)4-9)10-8(12)13/h5-7,10-11H,3-4,9H2,1-2H3,(H,12,13). The predicted molar refractivity (Wildman–Crippen MR) is 49.5 cm³/mol. The van der Waals surface area contributed by atoms with Crippen LogP contribution >= 0.6 is 0 Å². The minimum Gasteiger partial charge on any atom is -0.465 e. The summed E-state index contributed by atoms with van der Waals surface area (Å²) >= 11 is 0. The molecule has 0 aromatic heterocycles. The number of aliphatic hydroxyl groups is 1. The van der Waals surface area contributed by atoms with Crippen LogP contribution in [0.3, 0.4) is 0 Å². The van der Waals surface area contributed by atoms with Gasteiger partial charge in [0.05, 0.1) is 12.1 Å². The van der Waals surface area contributed by atoms with E-state index in [2.05, 4.69) is 5.32 Å². The Morgan fingerprint density at radius 3 is 2.38 bits per heavy atom. The molecule has 0 saturated carbocycles. The molecule has 5 N–H and O–H groups in total. The highest BCUT2D eigenvalue weighted by Crippen LogP contribution is 2.07. The second kappa shape index (κ2) is 5.77. The zero-order valence-corrected chi connectivity index (χ0v) is 8.03. The Kier molecular flexibility index (Phi) is 5.41. The first-order valence-corrected chi connectivity index (χ1v) is 4.35. The predicted octanol–water partition coefficient (Wildman–Crippen LogP) is -0.0117. The van der Waals surface area contributed by atoms with Gasteiger partial charge in [-0.2, -0.15) is 0 Å². The molecule has 0 radical (unpaired) electrons. The van der Waals surface area contributed by atoms with Gasteiger partial charge < -0.3 is 21.3 Å². The normalized spacial score (nSPS) is 15.5. The van der Waals surface area contributed by atoms with Crippen LogP contribution in [0.1, 0.15) is 20.3 Å². The first-order chi connectivity index (χ1) is 5.97. The molecule has 0 aromatic carbocycles. The summed E-state index contributed by atoms with van der Waals surface area (Å²) < 4.78 is 0. The van der Waals surface area contributed by atoms with Crippen molar-refractivity contribution in [1.29, 1.82) is 0 Å². The van der Waals surface area contributed by atoms with Crippen LogP contribution in [0.4, 0.5) is 4.79 Å². The van der Waals surface area contributed by atoms with Crippen LogP contribution < -0.4 is 11.1 Å². The van der Waals surface area contributed by atoms with Gasteiger partial charge in [-0.25, -0.2) is 4.79 Å². The third-order valence-electron chi connectivity index (χ3n) is 1.74. The SMILES string of the molecule is CC(C)CC(NC(=O)O)C(O)CN. The summed E-state index contributed by atoms with van der Waals surface area (Å²) in [5.74, 6) is 0.318. The van der Waals surface area contributed by atoms with E-state index in [9.17, 15) is 9.90 Å². The number of nitrogens with one attached hydrogen (secondary N) is 1. The lowest BCUT2D eigenvalue weighted by Gasteiger charge is -2.23. The Morgan fingerprint density at radius 1 is 1.54 bits per heavy atom. The lowest BCUT2D eigenvalue weighted by atomic mass is 9.99. The molecule has 5 nitrogen and oxygen atoms in total. The second-order valence-corrected chi connectivity index (χ2v) is 3.49. The van der Waals surface area contributed by atoms with Crippen LogP contribution in [-0.4, -0.2) is 35.0 Å². The van der Waals surface area contributed by atoms with E-state index in [1.165, 1.54) is 0 Å². The first kappa shape index (κ1) is 12.2. The van der Waals surface area contributed by atoms with Gasteiger partial charge in [0.15, 0.2) is 0 Å². The molecule has 0 spiro atoms. The molecular weight excluding hydrogens is 172 g/mol. The highest BCUT2D eigenvalue weighted by Gasteiger charge is 2.20. The van der Waals surface area contributed by atoms with Gasteiger partial charge in [-0.1, -0.05) is 13.8 Å². The van der Waals surface area contributed by atoms with E-state index in [1.54, 1.807) is 0 Å². The number of carbonyl (C=O) groups is 1. The average Bonchev–Trinajstić information content (AvgIpc) is 2.00. The van der Waals surface area contributed by atoms with Gasteiger partial charge in [0.25, 0.3) is 0 Å². The second-order valence-electron chi connectivity index (χ2n) is 3.49. The monoisotopic (exact) mass is 190 g/mol. The molecule has 0 bridgehead atoms. The lowest BCUT2D eigenvalue weighted by Crippen LogP contribution is -2.46. The molecule has 0 aliphatic heterocycles. The van der Waals surface area contributed by atoms with Crippen LogP contribution in [0.2, 0.25) is 0 Å². The zero-order chi connectivity index (χ0) is 10.4. The molecule has 0 aliphatic rings. The molecule has 78 valence electrons. The van der Waals surface area contributed by atoms with Crippen LogP contribution in [0, 0.1) is 5.92 Å². The Labute approximate surface area is 77.9 Å². The van der Waals surface area contributed by atoms with Crippen molar-refractivity contribution in [2.45, 2.75) is 32.4 Å². The quantitative estimate of drug-likeness (QED) is 0.490. The maximum atomic E-state index is 10.3. The van der Waals surface area contributed by atoms with Gasteiger partial charge >= 0.3 is 6.09 Å². The number of hydrogen-bond donors (Lipinski definition) is 4. The zero-order valence-electron chi connectivity index (χ0n) is 8.03. The van der Waals surface area contributed by atoms with Crippen molar-refractivity contribution < 1.29 is 15.0 Å². The van der Waals surface area contributed by atoms with Gasteiger partial charge in [-0.15, -0.1) is 0 Å². The van der Waals surface area contributed by atoms with Gasteiger partial charge in [-0.3, -0.25) is 0 Å². The molecule has 0 aliphatic carbocycles. The Balaban J connectivity index is 4.10. The highest BCUT2D eigenvalue weighted by molar-refractivity contribution is 5.64. The number of rotatable bonds is 5. The summed E-state index contributed by atoms with van der Waals surface area (Å²) in [5, 5.41) is 20.1. The molecule has 0 aromatic rings. The molecular formula is C8H18N2O3. The highest BCUT2D eigenvalue weighted by atomic mass is 16.4. The minimum absolute atomic E-state index is 0.0671. The van der Waals surface area contributed by atoms with Crippen molar-refractivity contribution in [2.75, 3.05) is 6.54 Å². The van der Waals surface area contributed by atoms with E-state index in [0.29, 0.717) is 12.3 Å². The minimum atomic E-state index is -1.13. The molecule has 0 fully saturated rings. The number of hydrogen-bond acceptors (Lipinski definition) is 3. The van der Waals surface area contributed by atoms with E-state index in [-0.39, 0.29) is 6.54 Å². The van der Waals surface area contributed by atoms with E-state index >= 15 is 0 Å². The summed E-state index contributed by atoms with van der Waals surface area (Å²) in [5.41, 5.74) is 5.24. The maximum absolute atomic E-state index is 10.3. The van der Waals surface area contributed by atoms with Crippen molar-refractivity contribution in [3.63, 3.8) is 0 Å². The molecule has 13 heavy (non-hydrogen) atoms. The molecule has 5 heteroatoms. The van der Waals surface area contributed by atoms with Crippen molar-refractivity contribution >= 4 is 6.09 Å². The molecule has 0 saturated heterocycles. The van der Waals surface area contributed by atoms with E-state index in [0.717, 1.165) is 0 Å². The first-order valence-electron chi connectivity index (χ1n) is 4.35. The van der Waals surface area contributed by atoms with Gasteiger partial charge in [0.2, 0.25) is 0 Å². The largest absolute Gasteiger partial charge is 0.465 e. The van der Waals surface area contributed by atoms with E-state index < -0.39 is 18.2 Å². The fourth-order valence-corrected chi connectivity index (χ4v) is 1.14. The molecule has 2 unspecified atom stereocenters. The summed E-state index contributed by atoms with van der Waals surface area (Å²) in [7, 11) is 0. The van der Waals surface area contributed by atoms with E-state index in [4.69, 9.17) is 10.8 Å². The van der Waals surface area contributed by atoms with Crippen LogP contribution in [0.5, 0.6) is 0 Å². The number of nitrogens with two attached hydrogens (primary N) is 1. The summed E-state index contributed by atoms with van der Waals surface area (Å²) in [4.78, 5) is 10.3. The third kappa shape index (κ3) is 5.43.